The van der Waals surface area contributed by atoms with Gasteiger partial charge in [-0.05, 0) is 41.5 Å². The molecule has 5 heteroatoms. The molecule has 1 aromatic rings. The number of imidazole rings is 1. The van der Waals surface area contributed by atoms with Gasteiger partial charge in [0.15, 0.2) is 0 Å². The standard InChI is InChI=1S/C15H23N3O2/c1-7-8-9-18-11-16-10-12(18)15(5,6)17-13(19)20-14(2,3)4/h10-11H,9H2,1-6H3,(H,17,19). The lowest BCUT2D eigenvalue weighted by atomic mass is 10.0. The minimum absolute atomic E-state index is 0.447. The van der Waals surface area contributed by atoms with E-state index >= 15 is 0 Å². The van der Waals surface area contributed by atoms with Crippen LogP contribution in [0, 0.1) is 11.8 Å². The van der Waals surface area contributed by atoms with Gasteiger partial charge in [0.05, 0.1) is 30.3 Å². The molecular weight excluding hydrogens is 254 g/mol. The van der Waals surface area contributed by atoms with Crippen LogP contribution in [0.2, 0.25) is 0 Å². The summed E-state index contributed by atoms with van der Waals surface area (Å²) in [6.45, 7) is 11.7. The third-order valence-electron chi connectivity index (χ3n) is 2.59. The van der Waals surface area contributed by atoms with E-state index in [-0.39, 0.29) is 0 Å². The van der Waals surface area contributed by atoms with Gasteiger partial charge in [0.25, 0.3) is 0 Å². The highest BCUT2D eigenvalue weighted by atomic mass is 16.6. The van der Waals surface area contributed by atoms with Gasteiger partial charge in [-0.3, -0.25) is 0 Å². The number of alkyl carbamates (subject to hydrolysis) is 1. The molecular formula is C15H23N3O2. The Labute approximate surface area is 120 Å². The van der Waals surface area contributed by atoms with Crippen molar-refractivity contribution in [3.8, 4) is 11.8 Å². The van der Waals surface area contributed by atoms with E-state index in [4.69, 9.17) is 4.74 Å². The number of ether oxygens (including phenoxy) is 1. The lowest BCUT2D eigenvalue weighted by Gasteiger charge is -2.29. The van der Waals surface area contributed by atoms with Crippen molar-refractivity contribution >= 4 is 6.09 Å². The molecule has 110 valence electrons. The number of carbonyl (C=O) groups excluding carboxylic acids is 1. The van der Waals surface area contributed by atoms with Crippen molar-refractivity contribution in [1.82, 2.24) is 14.9 Å². The van der Waals surface area contributed by atoms with Crippen LogP contribution in [0.3, 0.4) is 0 Å². The number of hydrogen-bond donors (Lipinski definition) is 1. The SMILES string of the molecule is CC#CCn1cncc1C(C)(C)NC(=O)OC(C)(C)C. The van der Waals surface area contributed by atoms with Crippen molar-refractivity contribution in [1.29, 1.82) is 0 Å². The van der Waals surface area contributed by atoms with Gasteiger partial charge in [-0.2, -0.15) is 0 Å². The lowest BCUT2D eigenvalue weighted by molar-refractivity contribution is 0.0467. The van der Waals surface area contributed by atoms with E-state index in [1.807, 2.05) is 39.2 Å². The number of amides is 1. The third kappa shape index (κ3) is 4.61. The molecule has 0 aliphatic rings. The van der Waals surface area contributed by atoms with Gasteiger partial charge in [-0.15, -0.1) is 5.92 Å². The molecule has 0 aliphatic heterocycles. The maximum Gasteiger partial charge on any atom is 0.408 e. The fourth-order valence-corrected chi connectivity index (χ4v) is 1.75. The Morgan fingerprint density at radius 2 is 2.05 bits per heavy atom. The topological polar surface area (TPSA) is 56.2 Å². The van der Waals surface area contributed by atoms with Crippen molar-refractivity contribution in [3.63, 3.8) is 0 Å². The van der Waals surface area contributed by atoms with Gasteiger partial charge in [-0.25, -0.2) is 9.78 Å². The summed E-state index contributed by atoms with van der Waals surface area (Å²) in [4.78, 5) is 16.0. The molecule has 1 amide bonds. The molecule has 0 spiro atoms. The first-order valence-corrected chi connectivity index (χ1v) is 6.57. The predicted molar refractivity (Wildman–Crippen MR) is 78.1 cm³/mol. The molecule has 1 N–H and O–H groups in total. The van der Waals surface area contributed by atoms with Gasteiger partial charge in [0, 0.05) is 0 Å². The molecule has 1 rings (SSSR count). The Kier molecular flexibility index (Phi) is 4.83. The number of rotatable bonds is 3. The summed E-state index contributed by atoms with van der Waals surface area (Å²) in [5.41, 5.74) is -0.228. The van der Waals surface area contributed by atoms with E-state index in [1.54, 1.807) is 19.4 Å². The van der Waals surface area contributed by atoms with Gasteiger partial charge in [0.2, 0.25) is 0 Å². The monoisotopic (exact) mass is 277 g/mol. The maximum absolute atomic E-state index is 11.9. The first kappa shape index (κ1) is 16.1. The Bertz CT molecular complexity index is 527. The Hall–Kier alpha value is -1.96. The van der Waals surface area contributed by atoms with Crippen LogP contribution < -0.4 is 5.32 Å². The van der Waals surface area contributed by atoms with Crippen molar-refractivity contribution in [3.05, 3.63) is 18.2 Å². The molecule has 0 fully saturated rings. The first-order valence-electron chi connectivity index (χ1n) is 6.57. The van der Waals surface area contributed by atoms with Gasteiger partial charge < -0.3 is 14.6 Å². The van der Waals surface area contributed by atoms with Crippen LogP contribution in [0.1, 0.15) is 47.2 Å². The number of nitrogens with zero attached hydrogens (tertiary/aromatic N) is 2. The second-order valence-electron chi connectivity index (χ2n) is 6.09. The van der Waals surface area contributed by atoms with Crippen LogP contribution in [0.25, 0.3) is 0 Å². The molecule has 1 aromatic heterocycles. The van der Waals surface area contributed by atoms with Gasteiger partial charge >= 0.3 is 6.09 Å². The van der Waals surface area contributed by atoms with E-state index in [1.165, 1.54) is 0 Å². The van der Waals surface area contributed by atoms with E-state index in [2.05, 4.69) is 22.1 Å². The largest absolute Gasteiger partial charge is 0.444 e. The van der Waals surface area contributed by atoms with Crippen LogP contribution in [-0.2, 0) is 16.8 Å². The minimum Gasteiger partial charge on any atom is -0.444 e. The zero-order valence-electron chi connectivity index (χ0n) is 13.1. The van der Waals surface area contributed by atoms with Crippen molar-refractivity contribution < 1.29 is 9.53 Å². The fourth-order valence-electron chi connectivity index (χ4n) is 1.75. The molecule has 0 bridgehead atoms. The van der Waals surface area contributed by atoms with Crippen molar-refractivity contribution in [2.45, 2.75) is 59.2 Å². The summed E-state index contributed by atoms with van der Waals surface area (Å²) in [5.74, 6) is 5.83. The second kappa shape index (κ2) is 6.00. The predicted octanol–water partition coefficient (Wildman–Crippen LogP) is 2.67. The highest BCUT2D eigenvalue weighted by Gasteiger charge is 2.28. The molecule has 0 saturated carbocycles. The zero-order valence-corrected chi connectivity index (χ0v) is 13.1. The van der Waals surface area contributed by atoms with Crippen LogP contribution in [0.5, 0.6) is 0 Å². The quantitative estimate of drug-likeness (QED) is 0.864. The Morgan fingerprint density at radius 1 is 1.40 bits per heavy atom. The molecule has 0 aromatic carbocycles. The molecule has 0 aliphatic carbocycles. The van der Waals surface area contributed by atoms with E-state index < -0.39 is 17.2 Å². The zero-order chi connectivity index (χ0) is 15.4. The summed E-state index contributed by atoms with van der Waals surface area (Å²) in [6.07, 6.45) is 2.99. The highest BCUT2D eigenvalue weighted by Crippen LogP contribution is 2.20. The molecule has 0 saturated heterocycles. The number of nitrogens with one attached hydrogen (secondary N) is 1. The van der Waals surface area contributed by atoms with E-state index in [0.29, 0.717) is 6.54 Å². The third-order valence-corrected chi connectivity index (χ3v) is 2.59. The van der Waals surface area contributed by atoms with E-state index in [0.717, 1.165) is 5.69 Å². The Morgan fingerprint density at radius 3 is 2.60 bits per heavy atom. The maximum atomic E-state index is 11.9. The fraction of sp³-hybridized carbons (Fsp3) is 0.600. The van der Waals surface area contributed by atoms with Crippen LogP contribution in [0.15, 0.2) is 12.5 Å². The van der Waals surface area contributed by atoms with Crippen molar-refractivity contribution in [2.24, 2.45) is 0 Å². The summed E-state index contributed by atoms with van der Waals surface area (Å²) in [5, 5.41) is 2.86. The van der Waals surface area contributed by atoms with E-state index in [9.17, 15) is 4.79 Å². The number of carbonyl (C=O) groups is 1. The molecule has 0 atom stereocenters. The van der Waals surface area contributed by atoms with Crippen LogP contribution in [-0.4, -0.2) is 21.2 Å². The first-order chi connectivity index (χ1) is 9.15. The lowest BCUT2D eigenvalue weighted by Crippen LogP contribution is -2.44. The summed E-state index contributed by atoms with van der Waals surface area (Å²) in [6, 6.07) is 0. The summed E-state index contributed by atoms with van der Waals surface area (Å²) in [7, 11) is 0. The highest BCUT2D eigenvalue weighted by molar-refractivity contribution is 5.68. The average molecular weight is 277 g/mol. The molecule has 1 heterocycles. The molecule has 0 radical (unpaired) electrons. The van der Waals surface area contributed by atoms with Gasteiger partial charge in [0.1, 0.15) is 5.60 Å². The molecule has 0 unspecified atom stereocenters. The second-order valence-corrected chi connectivity index (χ2v) is 6.09. The number of aromatic nitrogens is 2. The molecule has 20 heavy (non-hydrogen) atoms. The van der Waals surface area contributed by atoms with Gasteiger partial charge in [-0.1, -0.05) is 5.92 Å². The van der Waals surface area contributed by atoms with Crippen molar-refractivity contribution in [2.75, 3.05) is 0 Å². The van der Waals surface area contributed by atoms with Crippen LogP contribution in [0.4, 0.5) is 4.79 Å². The number of hydrogen-bond acceptors (Lipinski definition) is 3. The Balaban J connectivity index is 2.85. The summed E-state index contributed by atoms with van der Waals surface area (Å²) < 4.78 is 7.20. The molecule has 5 nitrogen and oxygen atoms in total. The average Bonchev–Trinajstić information content (AvgIpc) is 2.71. The van der Waals surface area contributed by atoms with Crippen LogP contribution >= 0.6 is 0 Å². The summed E-state index contributed by atoms with van der Waals surface area (Å²) >= 11 is 0. The smallest absolute Gasteiger partial charge is 0.408 e. The minimum atomic E-state index is -0.589. The normalized spacial score (nSPS) is 11.5.